The lowest BCUT2D eigenvalue weighted by molar-refractivity contribution is 0.0123. The van der Waals surface area contributed by atoms with Gasteiger partial charge in [0.25, 0.3) is 0 Å². The highest BCUT2D eigenvalue weighted by Crippen LogP contribution is 2.20. The maximum absolute atomic E-state index is 6.02. The van der Waals surface area contributed by atoms with E-state index >= 15 is 0 Å². The monoisotopic (exact) mass is 254 g/mol. The molecule has 2 fully saturated rings. The summed E-state index contributed by atoms with van der Waals surface area (Å²) in [5.41, 5.74) is 0. The van der Waals surface area contributed by atoms with Gasteiger partial charge in [-0.05, 0) is 38.8 Å². The number of hydrogen-bond acceptors (Lipinski definition) is 3. The van der Waals surface area contributed by atoms with Crippen molar-refractivity contribution in [1.29, 1.82) is 0 Å². The van der Waals surface area contributed by atoms with Crippen molar-refractivity contribution in [2.24, 2.45) is 0 Å². The van der Waals surface area contributed by atoms with Crippen LogP contribution in [0.5, 0.6) is 0 Å². The maximum Gasteiger partial charge on any atom is 0.0597 e. The summed E-state index contributed by atoms with van der Waals surface area (Å²) in [6, 6.07) is 0.707. The third kappa shape index (κ3) is 4.87. The Morgan fingerprint density at radius 3 is 2.72 bits per heavy atom. The first-order chi connectivity index (χ1) is 8.88. The van der Waals surface area contributed by atoms with Gasteiger partial charge in [0.05, 0.1) is 12.7 Å². The Labute approximate surface area is 112 Å². The lowest BCUT2D eigenvalue weighted by Gasteiger charge is -2.33. The van der Waals surface area contributed by atoms with Crippen LogP contribution in [-0.2, 0) is 4.74 Å². The first-order valence-electron chi connectivity index (χ1n) is 7.96. The van der Waals surface area contributed by atoms with Gasteiger partial charge in [-0.3, -0.25) is 4.90 Å². The molecule has 3 nitrogen and oxygen atoms in total. The van der Waals surface area contributed by atoms with Crippen LogP contribution in [0.25, 0.3) is 0 Å². The molecule has 0 radical (unpaired) electrons. The smallest absolute Gasteiger partial charge is 0.0597 e. The summed E-state index contributed by atoms with van der Waals surface area (Å²) in [5.74, 6) is 0. The average Bonchev–Trinajstić information content (AvgIpc) is 2.41. The van der Waals surface area contributed by atoms with Crippen LogP contribution < -0.4 is 5.32 Å². The largest absolute Gasteiger partial charge is 0.377 e. The van der Waals surface area contributed by atoms with Gasteiger partial charge >= 0.3 is 0 Å². The van der Waals surface area contributed by atoms with E-state index in [2.05, 4.69) is 17.1 Å². The molecule has 0 aromatic rings. The summed E-state index contributed by atoms with van der Waals surface area (Å²) >= 11 is 0. The standard InChI is InChI=1S/C15H30N2O/c1-2-16-14-7-6-10-17(13-14)11-12-18-15-8-4-3-5-9-15/h14-16H,2-13H2,1H3. The van der Waals surface area contributed by atoms with Crippen LogP contribution >= 0.6 is 0 Å². The SMILES string of the molecule is CCNC1CCCN(CCOC2CCCCC2)C1. The van der Waals surface area contributed by atoms with Crippen molar-refractivity contribution in [3.63, 3.8) is 0 Å². The second kappa shape index (κ2) is 8.13. The van der Waals surface area contributed by atoms with E-state index in [-0.39, 0.29) is 0 Å². The van der Waals surface area contributed by atoms with E-state index in [0.29, 0.717) is 12.1 Å². The predicted octanol–water partition coefficient (Wildman–Crippen LogP) is 2.41. The van der Waals surface area contributed by atoms with E-state index in [9.17, 15) is 0 Å². The minimum Gasteiger partial charge on any atom is -0.377 e. The zero-order chi connectivity index (χ0) is 12.6. The minimum absolute atomic E-state index is 0.563. The number of nitrogens with one attached hydrogen (secondary N) is 1. The molecule has 1 saturated carbocycles. The van der Waals surface area contributed by atoms with Gasteiger partial charge in [0.1, 0.15) is 0 Å². The van der Waals surface area contributed by atoms with Crippen LogP contribution in [0.15, 0.2) is 0 Å². The van der Waals surface area contributed by atoms with Gasteiger partial charge in [-0.2, -0.15) is 0 Å². The van der Waals surface area contributed by atoms with Crippen LogP contribution in [0.2, 0.25) is 0 Å². The third-order valence-corrected chi connectivity index (χ3v) is 4.31. The number of piperidine rings is 1. The quantitative estimate of drug-likeness (QED) is 0.788. The molecule has 0 bridgehead atoms. The zero-order valence-corrected chi connectivity index (χ0v) is 12.0. The number of ether oxygens (including phenoxy) is 1. The van der Waals surface area contributed by atoms with Crippen LogP contribution in [-0.4, -0.2) is 49.8 Å². The molecule has 1 heterocycles. The van der Waals surface area contributed by atoms with E-state index in [1.807, 2.05) is 0 Å². The highest BCUT2D eigenvalue weighted by molar-refractivity contribution is 4.77. The number of likely N-dealkylation sites (tertiary alicyclic amines) is 1. The van der Waals surface area contributed by atoms with Gasteiger partial charge in [0.2, 0.25) is 0 Å². The molecule has 1 saturated heterocycles. The Morgan fingerprint density at radius 1 is 1.11 bits per heavy atom. The number of rotatable bonds is 6. The van der Waals surface area contributed by atoms with E-state index < -0.39 is 0 Å². The van der Waals surface area contributed by atoms with Gasteiger partial charge in [0, 0.05) is 19.1 Å². The second-order valence-corrected chi connectivity index (χ2v) is 5.83. The molecule has 1 unspecified atom stereocenters. The van der Waals surface area contributed by atoms with E-state index in [1.165, 1.54) is 58.0 Å². The molecule has 18 heavy (non-hydrogen) atoms. The van der Waals surface area contributed by atoms with Crippen molar-refractivity contribution in [3.05, 3.63) is 0 Å². The molecular weight excluding hydrogens is 224 g/mol. The van der Waals surface area contributed by atoms with Crippen molar-refractivity contribution in [2.45, 2.75) is 64.0 Å². The molecule has 0 amide bonds. The van der Waals surface area contributed by atoms with Gasteiger partial charge in [-0.15, -0.1) is 0 Å². The van der Waals surface area contributed by atoms with Crippen LogP contribution in [0.4, 0.5) is 0 Å². The minimum atomic E-state index is 0.563. The Bertz CT molecular complexity index is 215. The Kier molecular flexibility index (Phi) is 6.46. The topological polar surface area (TPSA) is 24.5 Å². The fourth-order valence-electron chi connectivity index (χ4n) is 3.29. The molecule has 2 rings (SSSR count). The summed E-state index contributed by atoms with van der Waals surface area (Å²) in [6.07, 6.45) is 9.98. The lowest BCUT2D eigenvalue weighted by atomic mass is 9.98. The van der Waals surface area contributed by atoms with E-state index in [1.54, 1.807) is 0 Å². The highest BCUT2D eigenvalue weighted by atomic mass is 16.5. The van der Waals surface area contributed by atoms with Gasteiger partial charge in [-0.25, -0.2) is 0 Å². The molecule has 0 aromatic carbocycles. The summed E-state index contributed by atoms with van der Waals surface area (Å²) in [4.78, 5) is 2.57. The summed E-state index contributed by atoms with van der Waals surface area (Å²) < 4.78 is 6.02. The van der Waals surface area contributed by atoms with Gasteiger partial charge in [0.15, 0.2) is 0 Å². The summed E-state index contributed by atoms with van der Waals surface area (Å²) in [7, 11) is 0. The van der Waals surface area contributed by atoms with Crippen molar-refractivity contribution in [1.82, 2.24) is 10.2 Å². The molecule has 1 aliphatic heterocycles. The van der Waals surface area contributed by atoms with Crippen molar-refractivity contribution >= 4 is 0 Å². The van der Waals surface area contributed by atoms with Crippen LogP contribution in [0.3, 0.4) is 0 Å². The average molecular weight is 254 g/mol. The van der Waals surface area contributed by atoms with Gasteiger partial charge in [-0.1, -0.05) is 26.2 Å². The molecule has 1 aliphatic carbocycles. The summed E-state index contributed by atoms with van der Waals surface area (Å²) in [6.45, 7) is 7.82. The summed E-state index contributed by atoms with van der Waals surface area (Å²) in [5, 5.41) is 3.57. The molecule has 0 aromatic heterocycles. The molecule has 2 aliphatic rings. The number of likely N-dealkylation sites (N-methyl/N-ethyl adjacent to an activating group) is 1. The van der Waals surface area contributed by atoms with Crippen molar-refractivity contribution in [3.8, 4) is 0 Å². The number of hydrogen-bond donors (Lipinski definition) is 1. The van der Waals surface area contributed by atoms with Gasteiger partial charge < -0.3 is 10.1 Å². The molecule has 1 atom stereocenters. The fourth-order valence-corrected chi connectivity index (χ4v) is 3.29. The molecule has 106 valence electrons. The molecule has 1 N–H and O–H groups in total. The van der Waals surface area contributed by atoms with Crippen LogP contribution in [0.1, 0.15) is 51.9 Å². The van der Waals surface area contributed by atoms with E-state index in [4.69, 9.17) is 4.74 Å². The Morgan fingerprint density at radius 2 is 1.94 bits per heavy atom. The molecule has 3 heteroatoms. The first kappa shape index (κ1) is 14.3. The first-order valence-corrected chi connectivity index (χ1v) is 7.96. The number of nitrogens with zero attached hydrogens (tertiary/aromatic N) is 1. The Balaban J connectivity index is 1.57. The van der Waals surface area contributed by atoms with Crippen molar-refractivity contribution < 1.29 is 4.74 Å². The zero-order valence-electron chi connectivity index (χ0n) is 12.0. The lowest BCUT2D eigenvalue weighted by Crippen LogP contribution is -2.46. The van der Waals surface area contributed by atoms with Crippen LogP contribution in [0, 0.1) is 0 Å². The third-order valence-electron chi connectivity index (χ3n) is 4.31. The van der Waals surface area contributed by atoms with E-state index in [0.717, 1.165) is 19.7 Å². The Hall–Kier alpha value is -0.120. The molecule has 0 spiro atoms. The normalized spacial score (nSPS) is 27.5. The predicted molar refractivity (Wildman–Crippen MR) is 76.0 cm³/mol. The fraction of sp³-hybridized carbons (Fsp3) is 1.00. The maximum atomic E-state index is 6.02. The molecular formula is C15H30N2O. The highest BCUT2D eigenvalue weighted by Gasteiger charge is 2.19. The van der Waals surface area contributed by atoms with Crippen molar-refractivity contribution in [2.75, 3.05) is 32.8 Å². The second-order valence-electron chi connectivity index (χ2n) is 5.83.